The zero-order chi connectivity index (χ0) is 17.3. The van der Waals surface area contributed by atoms with Crippen molar-refractivity contribution in [1.82, 2.24) is 4.31 Å². The smallest absolute Gasteiger partial charge is 0.253 e. The van der Waals surface area contributed by atoms with Gasteiger partial charge in [0, 0.05) is 12.2 Å². The molecule has 0 bridgehead atoms. The van der Waals surface area contributed by atoms with Crippen molar-refractivity contribution in [3.8, 4) is 0 Å². The first-order chi connectivity index (χ1) is 11.4. The van der Waals surface area contributed by atoms with Gasteiger partial charge < -0.3 is 5.32 Å². The highest BCUT2D eigenvalue weighted by Gasteiger charge is 2.39. The summed E-state index contributed by atoms with van der Waals surface area (Å²) in [7, 11) is -3.61. The number of thiophene rings is 1. The van der Waals surface area contributed by atoms with Crippen molar-refractivity contribution in [2.75, 3.05) is 11.9 Å². The lowest BCUT2D eigenvalue weighted by Gasteiger charge is -2.23. The molecule has 2 aromatic rings. The molecule has 24 heavy (non-hydrogen) atoms. The van der Waals surface area contributed by atoms with Crippen molar-refractivity contribution >= 4 is 33.0 Å². The van der Waals surface area contributed by atoms with Gasteiger partial charge in [-0.3, -0.25) is 4.79 Å². The molecule has 1 aliphatic rings. The minimum atomic E-state index is -3.61. The van der Waals surface area contributed by atoms with E-state index >= 15 is 0 Å². The molecule has 0 radical (unpaired) electrons. The monoisotopic (exact) mass is 364 g/mol. The third kappa shape index (κ3) is 3.24. The van der Waals surface area contributed by atoms with Crippen LogP contribution in [0.15, 0.2) is 39.9 Å². The number of benzene rings is 1. The minimum absolute atomic E-state index is 0.263. The number of hydrogen-bond donors (Lipinski definition) is 1. The molecular formula is C17H20N2O3S2. The van der Waals surface area contributed by atoms with Crippen LogP contribution in [0.5, 0.6) is 0 Å². The van der Waals surface area contributed by atoms with Crippen LogP contribution < -0.4 is 5.32 Å². The van der Waals surface area contributed by atoms with Crippen molar-refractivity contribution in [3.63, 3.8) is 0 Å². The number of carbonyl (C=O) groups excluding carboxylic acids is 1. The molecule has 0 aliphatic carbocycles. The molecule has 7 heteroatoms. The molecule has 1 atom stereocenters. The predicted octanol–water partition coefficient (Wildman–Crippen LogP) is 3.16. The van der Waals surface area contributed by atoms with E-state index in [1.807, 2.05) is 32.0 Å². The van der Waals surface area contributed by atoms with E-state index in [9.17, 15) is 13.2 Å². The predicted molar refractivity (Wildman–Crippen MR) is 95.8 cm³/mol. The van der Waals surface area contributed by atoms with E-state index < -0.39 is 16.1 Å². The van der Waals surface area contributed by atoms with Crippen molar-refractivity contribution in [3.05, 3.63) is 46.8 Å². The summed E-state index contributed by atoms with van der Waals surface area (Å²) in [6.07, 6.45) is 1.23. The van der Waals surface area contributed by atoms with Crippen LogP contribution in [0.2, 0.25) is 0 Å². The zero-order valence-electron chi connectivity index (χ0n) is 13.7. The molecule has 1 unspecified atom stereocenters. The van der Waals surface area contributed by atoms with Gasteiger partial charge in [-0.15, -0.1) is 11.3 Å². The molecular weight excluding hydrogens is 344 g/mol. The average molecular weight is 364 g/mol. The first-order valence-corrected chi connectivity index (χ1v) is 10.1. The Kier molecular flexibility index (Phi) is 4.76. The zero-order valence-corrected chi connectivity index (χ0v) is 15.3. The number of sulfonamides is 1. The van der Waals surface area contributed by atoms with Gasteiger partial charge in [-0.1, -0.05) is 18.2 Å². The summed E-state index contributed by atoms with van der Waals surface area (Å²) in [4.78, 5) is 12.7. The van der Waals surface area contributed by atoms with Crippen LogP contribution in [0, 0.1) is 13.8 Å². The molecule has 3 rings (SSSR count). The van der Waals surface area contributed by atoms with Crippen LogP contribution in [0.25, 0.3) is 0 Å². The van der Waals surface area contributed by atoms with Gasteiger partial charge in [0.05, 0.1) is 0 Å². The summed E-state index contributed by atoms with van der Waals surface area (Å²) in [5, 5.41) is 4.63. The number of nitrogens with zero attached hydrogens (tertiary/aromatic N) is 1. The number of anilines is 1. The third-order valence-electron chi connectivity index (χ3n) is 4.22. The Labute approximate surface area is 146 Å². The molecule has 2 heterocycles. The van der Waals surface area contributed by atoms with Gasteiger partial charge in [0.25, 0.3) is 10.0 Å². The standard InChI is InChI=1S/C17H20N2O3S2/c1-12-7-8-13(2)14(11-12)18-17(20)15-5-3-9-19(15)24(21,22)16-6-4-10-23-16/h4,6-8,10-11,15H,3,5,9H2,1-2H3,(H,18,20). The SMILES string of the molecule is Cc1ccc(C)c(NC(=O)C2CCCN2S(=O)(=O)c2cccs2)c1. The van der Waals surface area contributed by atoms with Crippen LogP contribution in [-0.2, 0) is 14.8 Å². The van der Waals surface area contributed by atoms with Crippen molar-refractivity contribution < 1.29 is 13.2 Å². The molecule has 1 aromatic heterocycles. The van der Waals surface area contributed by atoms with E-state index in [2.05, 4.69) is 5.32 Å². The number of carbonyl (C=O) groups is 1. The van der Waals surface area contributed by atoms with Crippen LogP contribution in [0.3, 0.4) is 0 Å². The molecule has 1 saturated heterocycles. The lowest BCUT2D eigenvalue weighted by atomic mass is 10.1. The molecule has 5 nitrogen and oxygen atoms in total. The molecule has 128 valence electrons. The normalized spacial score (nSPS) is 18.7. The third-order valence-corrected chi connectivity index (χ3v) is 7.50. The van der Waals surface area contributed by atoms with E-state index in [-0.39, 0.29) is 10.1 Å². The summed E-state index contributed by atoms with van der Waals surface area (Å²) in [6, 6.07) is 8.46. The summed E-state index contributed by atoms with van der Waals surface area (Å²) in [5.74, 6) is -0.263. The topological polar surface area (TPSA) is 66.5 Å². The van der Waals surface area contributed by atoms with Gasteiger partial charge >= 0.3 is 0 Å². The van der Waals surface area contributed by atoms with E-state index in [0.29, 0.717) is 19.4 Å². The second-order valence-corrected chi connectivity index (χ2v) is 9.08. The maximum Gasteiger partial charge on any atom is 0.253 e. The van der Waals surface area contributed by atoms with Gasteiger partial charge in [-0.2, -0.15) is 4.31 Å². The van der Waals surface area contributed by atoms with Gasteiger partial charge in [-0.05, 0) is 55.3 Å². The summed E-state index contributed by atoms with van der Waals surface area (Å²) in [6.45, 7) is 4.26. The average Bonchev–Trinajstić information content (AvgIpc) is 3.21. The largest absolute Gasteiger partial charge is 0.324 e. The van der Waals surface area contributed by atoms with Crippen LogP contribution in [0.4, 0.5) is 5.69 Å². The molecule has 1 fully saturated rings. The Hall–Kier alpha value is -1.70. The second-order valence-electron chi connectivity index (χ2n) is 6.01. The van der Waals surface area contributed by atoms with Crippen LogP contribution >= 0.6 is 11.3 Å². The fourth-order valence-electron chi connectivity index (χ4n) is 2.90. The van der Waals surface area contributed by atoms with E-state index in [4.69, 9.17) is 0 Å². The Balaban J connectivity index is 1.83. The lowest BCUT2D eigenvalue weighted by Crippen LogP contribution is -2.42. The first kappa shape index (κ1) is 17.1. The maximum absolute atomic E-state index is 12.7. The molecule has 0 spiro atoms. The highest BCUT2D eigenvalue weighted by molar-refractivity contribution is 7.91. The molecule has 0 saturated carbocycles. The number of rotatable bonds is 4. The Morgan fingerprint density at radius 2 is 2.08 bits per heavy atom. The fraction of sp³-hybridized carbons (Fsp3) is 0.353. The number of hydrogen-bond acceptors (Lipinski definition) is 4. The number of nitrogens with one attached hydrogen (secondary N) is 1. The minimum Gasteiger partial charge on any atom is -0.324 e. The van der Waals surface area contributed by atoms with E-state index in [1.54, 1.807) is 17.5 Å². The van der Waals surface area contributed by atoms with Crippen LogP contribution in [0.1, 0.15) is 24.0 Å². The van der Waals surface area contributed by atoms with Crippen molar-refractivity contribution in [1.29, 1.82) is 0 Å². The van der Waals surface area contributed by atoms with E-state index in [0.717, 1.165) is 16.8 Å². The van der Waals surface area contributed by atoms with Crippen molar-refractivity contribution in [2.24, 2.45) is 0 Å². The Bertz CT molecular complexity index is 845. The fourth-order valence-corrected chi connectivity index (χ4v) is 5.68. The quantitative estimate of drug-likeness (QED) is 0.906. The number of amides is 1. The lowest BCUT2D eigenvalue weighted by molar-refractivity contribution is -0.119. The first-order valence-electron chi connectivity index (χ1n) is 7.83. The molecule has 1 aromatic carbocycles. The highest BCUT2D eigenvalue weighted by Crippen LogP contribution is 2.29. The molecule has 1 aliphatic heterocycles. The van der Waals surface area contributed by atoms with Crippen molar-refractivity contribution in [2.45, 2.75) is 36.9 Å². The van der Waals surface area contributed by atoms with E-state index in [1.165, 1.54) is 15.6 Å². The summed E-state index contributed by atoms with van der Waals surface area (Å²) >= 11 is 1.18. The second kappa shape index (κ2) is 6.66. The Morgan fingerprint density at radius 3 is 2.79 bits per heavy atom. The van der Waals surface area contributed by atoms with Gasteiger partial charge in [0.2, 0.25) is 5.91 Å². The Morgan fingerprint density at radius 1 is 1.29 bits per heavy atom. The van der Waals surface area contributed by atoms with Gasteiger partial charge in [0.15, 0.2) is 0 Å². The molecule has 1 amide bonds. The van der Waals surface area contributed by atoms with Gasteiger partial charge in [0.1, 0.15) is 10.3 Å². The summed E-state index contributed by atoms with van der Waals surface area (Å²) in [5.41, 5.74) is 2.74. The van der Waals surface area contributed by atoms with Crippen LogP contribution in [-0.4, -0.2) is 31.2 Å². The van der Waals surface area contributed by atoms with Gasteiger partial charge in [-0.25, -0.2) is 8.42 Å². The maximum atomic E-state index is 12.7. The number of aryl methyl sites for hydroxylation is 2. The highest BCUT2D eigenvalue weighted by atomic mass is 32.2. The summed E-state index contributed by atoms with van der Waals surface area (Å²) < 4.78 is 27.1. The molecule has 1 N–H and O–H groups in total.